The van der Waals surface area contributed by atoms with Gasteiger partial charge in [0.15, 0.2) is 0 Å². The molecule has 156 valence electrons. The van der Waals surface area contributed by atoms with Gasteiger partial charge in [0, 0.05) is 31.9 Å². The van der Waals surface area contributed by atoms with Crippen molar-refractivity contribution in [1.29, 1.82) is 0 Å². The van der Waals surface area contributed by atoms with E-state index in [1.807, 2.05) is 0 Å². The van der Waals surface area contributed by atoms with Gasteiger partial charge in [-0.05, 0) is 52.4 Å². The molecule has 0 saturated carbocycles. The summed E-state index contributed by atoms with van der Waals surface area (Å²) in [5.74, 6) is -0.0675. The first-order valence-corrected chi connectivity index (χ1v) is 10.3. The van der Waals surface area contributed by atoms with Crippen LogP contribution < -0.4 is 0 Å². The largest absolute Gasteiger partial charge is 0.472 e. The Morgan fingerprint density at radius 3 is 2.71 bits per heavy atom. The van der Waals surface area contributed by atoms with E-state index in [4.69, 9.17) is 18.9 Å². The standard InChI is InChI=1S/C23H34O5/c1-14-8-7-9-15(2)21-17(11-10-14)18(13-26-22(21)25-6)19(27-16(3)24)12-20-23(4,5)28-20/h8,13,17,19-22H,2,7,9-12H2,1,3-6H3. The Labute approximate surface area is 168 Å². The van der Waals surface area contributed by atoms with Crippen molar-refractivity contribution < 1.29 is 23.7 Å². The first kappa shape index (κ1) is 21.1. The summed E-state index contributed by atoms with van der Waals surface area (Å²) in [6.07, 6.45) is 7.93. The maximum absolute atomic E-state index is 11.9. The summed E-state index contributed by atoms with van der Waals surface area (Å²) in [5.41, 5.74) is 3.39. The Kier molecular flexibility index (Phi) is 6.35. The van der Waals surface area contributed by atoms with Gasteiger partial charge in [-0.1, -0.05) is 23.8 Å². The lowest BCUT2D eigenvalue weighted by Crippen LogP contribution is -2.40. The van der Waals surface area contributed by atoms with E-state index in [9.17, 15) is 4.79 Å². The molecule has 5 atom stereocenters. The van der Waals surface area contributed by atoms with Crippen molar-refractivity contribution in [2.75, 3.05) is 7.11 Å². The fraction of sp³-hybridized carbons (Fsp3) is 0.696. The third-order valence-corrected chi connectivity index (χ3v) is 6.28. The minimum Gasteiger partial charge on any atom is -0.472 e. The lowest BCUT2D eigenvalue weighted by atomic mass is 9.74. The Morgan fingerprint density at radius 1 is 1.39 bits per heavy atom. The van der Waals surface area contributed by atoms with Crippen LogP contribution in [0.1, 0.15) is 59.8 Å². The molecule has 28 heavy (non-hydrogen) atoms. The maximum atomic E-state index is 11.9. The molecule has 5 heteroatoms. The first-order valence-electron chi connectivity index (χ1n) is 10.3. The second kappa shape index (κ2) is 8.42. The number of epoxide rings is 1. The highest BCUT2D eigenvalue weighted by Gasteiger charge is 2.51. The molecule has 0 spiro atoms. The molecule has 0 aromatic heterocycles. The lowest BCUT2D eigenvalue weighted by molar-refractivity contribution is -0.150. The van der Waals surface area contributed by atoms with Crippen molar-refractivity contribution in [2.24, 2.45) is 11.8 Å². The van der Waals surface area contributed by atoms with E-state index >= 15 is 0 Å². The summed E-state index contributed by atoms with van der Waals surface area (Å²) in [7, 11) is 1.67. The summed E-state index contributed by atoms with van der Waals surface area (Å²) < 4.78 is 23.2. The van der Waals surface area contributed by atoms with Crippen LogP contribution in [0.2, 0.25) is 0 Å². The molecule has 0 radical (unpaired) electrons. The Morgan fingerprint density at radius 2 is 2.11 bits per heavy atom. The van der Waals surface area contributed by atoms with Crippen molar-refractivity contribution in [3.63, 3.8) is 0 Å². The third kappa shape index (κ3) is 4.69. The van der Waals surface area contributed by atoms with Crippen LogP contribution in [-0.2, 0) is 23.7 Å². The highest BCUT2D eigenvalue weighted by molar-refractivity contribution is 5.66. The van der Waals surface area contributed by atoms with E-state index in [-0.39, 0.29) is 41.9 Å². The predicted molar refractivity (Wildman–Crippen MR) is 107 cm³/mol. The lowest BCUT2D eigenvalue weighted by Gasteiger charge is -2.40. The summed E-state index contributed by atoms with van der Waals surface area (Å²) >= 11 is 0. The molecule has 0 N–H and O–H groups in total. The number of allylic oxidation sites excluding steroid dienone is 2. The van der Waals surface area contributed by atoms with Gasteiger partial charge in [0.05, 0.1) is 18.0 Å². The molecule has 5 nitrogen and oxygen atoms in total. The van der Waals surface area contributed by atoms with Crippen molar-refractivity contribution in [2.45, 2.75) is 83.9 Å². The smallest absolute Gasteiger partial charge is 0.303 e. The normalized spacial score (nSPS) is 33.1. The van der Waals surface area contributed by atoms with Gasteiger partial charge < -0.3 is 18.9 Å². The summed E-state index contributed by atoms with van der Waals surface area (Å²) in [6.45, 7) is 12.1. The van der Waals surface area contributed by atoms with Gasteiger partial charge in [0.2, 0.25) is 6.29 Å². The molecule has 5 unspecified atom stereocenters. The van der Waals surface area contributed by atoms with E-state index < -0.39 is 0 Å². The summed E-state index contributed by atoms with van der Waals surface area (Å²) in [5, 5.41) is 0. The third-order valence-electron chi connectivity index (χ3n) is 6.28. The number of carbonyl (C=O) groups excluding carboxylic acids is 1. The van der Waals surface area contributed by atoms with E-state index in [0.29, 0.717) is 6.42 Å². The first-order chi connectivity index (χ1) is 13.2. The quantitative estimate of drug-likeness (QED) is 0.387. The van der Waals surface area contributed by atoms with Crippen LogP contribution in [0.25, 0.3) is 0 Å². The van der Waals surface area contributed by atoms with E-state index in [2.05, 4.69) is 33.4 Å². The zero-order chi connectivity index (χ0) is 20.5. The van der Waals surface area contributed by atoms with Gasteiger partial charge in [0.1, 0.15) is 6.10 Å². The molecular formula is C23H34O5. The molecule has 0 amide bonds. The fourth-order valence-corrected chi connectivity index (χ4v) is 4.52. The van der Waals surface area contributed by atoms with Gasteiger partial charge in [-0.2, -0.15) is 0 Å². The maximum Gasteiger partial charge on any atom is 0.303 e. The SMILES string of the molecule is C=C1CCC=C(C)CCC2C(C(CC3OC3(C)C)OC(C)=O)=COC(OC)C12. The van der Waals surface area contributed by atoms with Crippen molar-refractivity contribution in [1.82, 2.24) is 0 Å². The van der Waals surface area contributed by atoms with Gasteiger partial charge in [-0.3, -0.25) is 4.79 Å². The second-order valence-corrected chi connectivity index (χ2v) is 8.82. The van der Waals surface area contributed by atoms with Crippen LogP contribution >= 0.6 is 0 Å². The number of fused-ring (bicyclic) bond motifs is 1. The number of rotatable bonds is 5. The number of hydrogen-bond acceptors (Lipinski definition) is 5. The molecule has 2 aliphatic heterocycles. The average Bonchev–Trinajstić information content (AvgIpc) is 3.21. The van der Waals surface area contributed by atoms with Gasteiger partial charge in [0.25, 0.3) is 0 Å². The molecular weight excluding hydrogens is 356 g/mol. The minimum atomic E-state index is -0.355. The van der Waals surface area contributed by atoms with Crippen molar-refractivity contribution in [3.05, 3.63) is 35.6 Å². The monoisotopic (exact) mass is 390 g/mol. The van der Waals surface area contributed by atoms with E-state index in [1.165, 1.54) is 12.5 Å². The van der Waals surface area contributed by atoms with Crippen molar-refractivity contribution >= 4 is 5.97 Å². The highest BCUT2D eigenvalue weighted by atomic mass is 16.7. The van der Waals surface area contributed by atoms with E-state index in [1.54, 1.807) is 13.4 Å². The molecule has 3 aliphatic rings. The fourth-order valence-electron chi connectivity index (χ4n) is 4.52. The number of ether oxygens (including phenoxy) is 4. The molecule has 3 rings (SSSR count). The number of esters is 1. The minimum absolute atomic E-state index is 0.0514. The van der Waals surface area contributed by atoms with Crippen LogP contribution in [-0.4, -0.2) is 37.2 Å². The molecule has 1 saturated heterocycles. The average molecular weight is 391 g/mol. The predicted octanol–water partition coefficient (Wildman–Crippen LogP) is 4.68. The van der Waals surface area contributed by atoms with Gasteiger partial charge in [-0.15, -0.1) is 0 Å². The van der Waals surface area contributed by atoms with Crippen LogP contribution in [0.15, 0.2) is 35.6 Å². The van der Waals surface area contributed by atoms with Crippen LogP contribution in [0.5, 0.6) is 0 Å². The Bertz CT molecular complexity index is 674. The Hall–Kier alpha value is -1.59. The number of methoxy groups -OCH3 is 1. The number of hydrogen-bond donors (Lipinski definition) is 0. The zero-order valence-corrected chi connectivity index (χ0v) is 17.8. The van der Waals surface area contributed by atoms with Gasteiger partial charge in [-0.25, -0.2) is 0 Å². The molecule has 0 aromatic rings. The Balaban J connectivity index is 1.91. The molecule has 0 bridgehead atoms. The second-order valence-electron chi connectivity index (χ2n) is 8.82. The summed E-state index contributed by atoms with van der Waals surface area (Å²) in [6, 6.07) is 0. The van der Waals surface area contributed by atoms with E-state index in [0.717, 1.165) is 36.8 Å². The highest BCUT2D eigenvalue weighted by Crippen LogP contribution is 2.46. The van der Waals surface area contributed by atoms with Crippen LogP contribution in [0, 0.1) is 11.8 Å². The molecule has 1 fully saturated rings. The van der Waals surface area contributed by atoms with Crippen LogP contribution in [0.4, 0.5) is 0 Å². The molecule has 0 aromatic carbocycles. The number of carbonyl (C=O) groups is 1. The zero-order valence-electron chi connectivity index (χ0n) is 17.8. The topological polar surface area (TPSA) is 57.3 Å². The molecule has 1 aliphatic carbocycles. The molecule has 2 heterocycles. The summed E-state index contributed by atoms with van der Waals surface area (Å²) in [4.78, 5) is 11.9. The van der Waals surface area contributed by atoms with Crippen LogP contribution in [0.3, 0.4) is 0 Å². The van der Waals surface area contributed by atoms with Crippen molar-refractivity contribution in [3.8, 4) is 0 Å². The van der Waals surface area contributed by atoms with Gasteiger partial charge >= 0.3 is 5.97 Å².